The quantitative estimate of drug-likeness (QED) is 0.122. The summed E-state index contributed by atoms with van der Waals surface area (Å²) in [4.78, 5) is 12.8. The molecular weight excluding hydrogens is 578 g/mol. The molecule has 41 heavy (non-hydrogen) atoms. The van der Waals surface area contributed by atoms with Gasteiger partial charge in [-0.2, -0.15) is 26.3 Å². The molecule has 2 aliphatic carbocycles. The van der Waals surface area contributed by atoms with E-state index in [4.69, 9.17) is 8.85 Å². The largest absolute Gasteiger partial charge is 0.429 e. The molecule has 11 heteroatoms. The van der Waals surface area contributed by atoms with E-state index >= 15 is 0 Å². The Morgan fingerprint density at radius 1 is 0.878 bits per heavy atom. The average molecular weight is 631 g/mol. The highest BCUT2D eigenvalue weighted by Crippen LogP contribution is 2.62. The van der Waals surface area contributed by atoms with Crippen LogP contribution in [-0.2, 0) is 13.6 Å². The van der Waals surface area contributed by atoms with E-state index in [1.807, 2.05) is 20.8 Å². The van der Waals surface area contributed by atoms with Gasteiger partial charge in [0.15, 0.2) is 16.6 Å². The van der Waals surface area contributed by atoms with Crippen molar-refractivity contribution in [2.75, 3.05) is 0 Å². The first kappa shape index (κ1) is 36.5. The molecule has 0 aromatic carbocycles. The molecule has 2 saturated carbocycles. The molecule has 0 N–H and O–H groups in total. The van der Waals surface area contributed by atoms with Gasteiger partial charge in [-0.05, 0) is 121 Å². The molecule has 2 aliphatic rings. The van der Waals surface area contributed by atoms with Crippen molar-refractivity contribution in [1.82, 2.24) is 0 Å². The summed E-state index contributed by atoms with van der Waals surface area (Å²) < 4.78 is 96.4. The third-order valence-electron chi connectivity index (χ3n) is 9.06. The van der Waals surface area contributed by atoms with E-state index in [1.54, 1.807) is 0 Å². The van der Waals surface area contributed by atoms with Crippen LogP contribution >= 0.6 is 0 Å². The molecular formula is C30H52F6O3Si2. The van der Waals surface area contributed by atoms with Crippen molar-refractivity contribution in [2.24, 2.45) is 22.7 Å². The molecule has 0 aromatic heterocycles. The summed E-state index contributed by atoms with van der Waals surface area (Å²) in [5.74, 6) is 0.135. The van der Waals surface area contributed by atoms with Crippen LogP contribution in [0.5, 0.6) is 0 Å². The van der Waals surface area contributed by atoms with Gasteiger partial charge < -0.3 is 8.85 Å². The van der Waals surface area contributed by atoms with E-state index in [0.717, 1.165) is 38.2 Å². The normalized spacial score (nSPS) is 26.9. The van der Waals surface area contributed by atoms with Gasteiger partial charge in [0, 0.05) is 12.3 Å². The lowest BCUT2D eigenvalue weighted by Gasteiger charge is -2.48. The van der Waals surface area contributed by atoms with Crippen molar-refractivity contribution in [3.8, 4) is 0 Å². The Balaban J connectivity index is 2.48. The number of fused-ring (bicyclic) bond motifs is 1. The van der Waals surface area contributed by atoms with E-state index in [2.05, 4.69) is 26.6 Å². The lowest BCUT2D eigenvalue weighted by molar-refractivity contribution is -0.340. The van der Waals surface area contributed by atoms with E-state index in [0.29, 0.717) is 19.3 Å². The van der Waals surface area contributed by atoms with Gasteiger partial charge in [0.2, 0.25) is 0 Å². The van der Waals surface area contributed by atoms with Crippen LogP contribution in [-0.4, -0.2) is 46.0 Å². The van der Waals surface area contributed by atoms with E-state index < -0.39 is 45.6 Å². The van der Waals surface area contributed by atoms with Gasteiger partial charge >= 0.3 is 12.4 Å². The standard InChI is InChI=1S/C30H52F6O3Si2/c1-25(2,38-40(5,6)7)17-12-18-26(3,24-16-15-22-23(37)14-11-20-27(22,24)4)19-13-21-28(29(31,32)33,30(34,35)36)39-41(8,9)10/h13,21-22,24H,11-12,14-20H2,1-10H3/b21-13+/t22?,24-,26-,27+/m1/s1. The fourth-order valence-electron chi connectivity index (χ4n) is 7.77. The van der Waals surface area contributed by atoms with Crippen molar-refractivity contribution < 1.29 is 40.0 Å². The fourth-order valence-corrected chi connectivity index (χ4v) is 10.8. The SMILES string of the molecule is CC(C)(CCC[C@](C)(C/C=C/C(O[Si](C)(C)C)(C(F)(F)F)C(F)(F)F)[C@H]1CCC2C(=O)CCC[C@@]21C)O[Si](C)(C)C. The fraction of sp³-hybridized carbons (Fsp3) is 0.900. The number of allylic oxidation sites excluding steroid dienone is 1. The zero-order valence-electron chi connectivity index (χ0n) is 26.7. The summed E-state index contributed by atoms with van der Waals surface area (Å²) in [5.41, 5.74) is -5.67. The summed E-state index contributed by atoms with van der Waals surface area (Å²) in [6.45, 7) is 18.5. The van der Waals surface area contributed by atoms with Gasteiger partial charge in [-0.15, -0.1) is 0 Å². The second-order valence-corrected chi connectivity index (χ2v) is 24.4. The molecule has 0 spiro atoms. The molecule has 0 aromatic rings. The Kier molecular flexibility index (Phi) is 10.7. The third-order valence-corrected chi connectivity index (χ3v) is 11.2. The Morgan fingerprint density at radius 2 is 1.41 bits per heavy atom. The van der Waals surface area contributed by atoms with Crippen molar-refractivity contribution in [1.29, 1.82) is 0 Å². The number of carbonyl (C=O) groups is 1. The number of halogens is 6. The predicted molar refractivity (Wildman–Crippen MR) is 157 cm³/mol. The zero-order chi connectivity index (χ0) is 31.9. The van der Waals surface area contributed by atoms with E-state index in [1.165, 1.54) is 19.6 Å². The topological polar surface area (TPSA) is 35.5 Å². The summed E-state index contributed by atoms with van der Waals surface area (Å²) in [6.07, 6.45) is -4.38. The highest BCUT2D eigenvalue weighted by Gasteiger charge is 2.71. The molecule has 0 aliphatic heterocycles. The van der Waals surface area contributed by atoms with Gasteiger partial charge in [-0.3, -0.25) is 4.79 Å². The smallest absolute Gasteiger partial charge is 0.413 e. The second kappa shape index (κ2) is 12.0. The molecule has 0 bridgehead atoms. The van der Waals surface area contributed by atoms with E-state index in [9.17, 15) is 31.1 Å². The van der Waals surface area contributed by atoms with Crippen LogP contribution in [0.3, 0.4) is 0 Å². The van der Waals surface area contributed by atoms with Gasteiger partial charge in [-0.1, -0.05) is 26.3 Å². The Hall–Kier alpha value is -0.656. The van der Waals surface area contributed by atoms with Gasteiger partial charge in [0.25, 0.3) is 5.60 Å². The minimum Gasteiger partial charge on any atom is -0.413 e. The number of Topliss-reactive ketones (excluding diaryl/α,β-unsaturated/α-hetero) is 1. The van der Waals surface area contributed by atoms with Crippen molar-refractivity contribution >= 4 is 22.4 Å². The minimum atomic E-state index is -5.67. The van der Waals surface area contributed by atoms with Crippen LogP contribution in [0.25, 0.3) is 0 Å². The van der Waals surface area contributed by atoms with Crippen molar-refractivity contribution in [3.63, 3.8) is 0 Å². The molecule has 240 valence electrons. The second-order valence-electron chi connectivity index (χ2n) is 15.5. The Labute approximate surface area is 245 Å². The molecule has 3 nitrogen and oxygen atoms in total. The predicted octanol–water partition coefficient (Wildman–Crippen LogP) is 10.2. The number of hydrogen-bond donors (Lipinski definition) is 0. The molecule has 2 fully saturated rings. The highest BCUT2D eigenvalue weighted by atomic mass is 28.4. The Bertz CT molecular complexity index is 934. The molecule has 4 atom stereocenters. The molecule has 2 rings (SSSR count). The number of rotatable bonds is 12. The molecule has 0 amide bonds. The highest BCUT2D eigenvalue weighted by molar-refractivity contribution is 6.70. The van der Waals surface area contributed by atoms with Gasteiger partial charge in [-0.25, -0.2) is 0 Å². The van der Waals surface area contributed by atoms with Crippen LogP contribution in [0.1, 0.15) is 85.5 Å². The summed E-state index contributed by atoms with van der Waals surface area (Å²) in [7, 11) is -5.10. The molecule has 0 radical (unpaired) electrons. The van der Waals surface area contributed by atoms with Crippen LogP contribution in [0.15, 0.2) is 12.2 Å². The van der Waals surface area contributed by atoms with Crippen LogP contribution in [0.2, 0.25) is 39.3 Å². The lowest BCUT2D eigenvalue weighted by Crippen LogP contribution is -2.61. The van der Waals surface area contributed by atoms with Gasteiger partial charge in [0.05, 0.1) is 5.60 Å². The maximum Gasteiger partial charge on any atom is 0.429 e. The minimum absolute atomic E-state index is 0.000922. The monoisotopic (exact) mass is 630 g/mol. The summed E-state index contributed by atoms with van der Waals surface area (Å²) >= 11 is 0. The molecule has 0 saturated heterocycles. The first-order valence-electron chi connectivity index (χ1n) is 14.9. The first-order valence-corrected chi connectivity index (χ1v) is 21.7. The number of carbonyl (C=O) groups excluding carboxylic acids is 1. The lowest BCUT2D eigenvalue weighted by atomic mass is 9.56. The van der Waals surface area contributed by atoms with Crippen molar-refractivity contribution in [2.45, 2.75) is 148 Å². The zero-order valence-corrected chi connectivity index (χ0v) is 28.7. The van der Waals surface area contributed by atoms with Crippen LogP contribution in [0, 0.1) is 22.7 Å². The molecule has 1 unspecified atom stereocenters. The van der Waals surface area contributed by atoms with Gasteiger partial charge in [0.1, 0.15) is 5.78 Å². The first-order chi connectivity index (χ1) is 18.2. The third kappa shape index (κ3) is 8.72. The molecule has 0 heterocycles. The van der Waals surface area contributed by atoms with Crippen LogP contribution in [0.4, 0.5) is 26.3 Å². The summed E-state index contributed by atoms with van der Waals surface area (Å²) in [5, 5.41) is 0. The number of hydrogen-bond acceptors (Lipinski definition) is 3. The maximum absolute atomic E-state index is 14.2. The number of ketones is 1. The number of alkyl halides is 6. The average Bonchev–Trinajstić information content (AvgIpc) is 3.07. The maximum atomic E-state index is 14.2. The summed E-state index contributed by atoms with van der Waals surface area (Å²) in [6, 6.07) is 0. The van der Waals surface area contributed by atoms with E-state index in [-0.39, 0.29) is 35.5 Å². The van der Waals surface area contributed by atoms with Crippen LogP contribution < -0.4 is 0 Å². The van der Waals surface area contributed by atoms with Crippen molar-refractivity contribution in [3.05, 3.63) is 12.2 Å². The Morgan fingerprint density at radius 3 is 1.90 bits per heavy atom.